The van der Waals surface area contributed by atoms with E-state index in [1.807, 2.05) is 36.4 Å². The predicted molar refractivity (Wildman–Crippen MR) is 92.8 cm³/mol. The predicted octanol–water partition coefficient (Wildman–Crippen LogP) is 3.43. The molecule has 0 aliphatic carbocycles. The Labute approximate surface area is 144 Å². The molecule has 1 heterocycles. The van der Waals surface area contributed by atoms with Crippen LogP contribution < -0.4 is 10.2 Å². The summed E-state index contributed by atoms with van der Waals surface area (Å²) in [7, 11) is 0. The van der Waals surface area contributed by atoms with Gasteiger partial charge < -0.3 is 10.2 Å². The zero-order chi connectivity index (χ0) is 16.9. The van der Waals surface area contributed by atoms with Gasteiger partial charge in [0, 0.05) is 11.6 Å². The first-order valence-corrected chi connectivity index (χ1v) is 7.70. The summed E-state index contributed by atoms with van der Waals surface area (Å²) in [5.74, 6) is -0.175. The molecule has 0 saturated heterocycles. The molecule has 0 unspecified atom stereocenters. The Morgan fingerprint density at radius 3 is 2.75 bits per heavy atom. The second kappa shape index (κ2) is 7.07. The lowest BCUT2D eigenvalue weighted by molar-refractivity contribution is -0.115. The van der Waals surface area contributed by atoms with Crippen molar-refractivity contribution < 1.29 is 9.63 Å². The molecule has 1 N–H and O–H groups in total. The van der Waals surface area contributed by atoms with Crippen molar-refractivity contribution in [3.8, 4) is 6.07 Å². The van der Waals surface area contributed by atoms with Crippen LogP contribution in [0, 0.1) is 11.3 Å². The fraction of sp³-hybridized carbons (Fsp3) is 0.111. The van der Waals surface area contributed by atoms with E-state index < -0.39 is 0 Å². The van der Waals surface area contributed by atoms with Gasteiger partial charge in [-0.05, 0) is 23.8 Å². The van der Waals surface area contributed by atoms with E-state index in [1.165, 1.54) is 4.73 Å². The van der Waals surface area contributed by atoms with E-state index >= 15 is 0 Å². The molecule has 0 saturated carbocycles. The number of amides is 1. The minimum Gasteiger partial charge on any atom is -0.399 e. The van der Waals surface area contributed by atoms with Gasteiger partial charge in [-0.3, -0.25) is 4.79 Å². The largest absolute Gasteiger partial charge is 0.399 e. The van der Waals surface area contributed by atoms with Crippen molar-refractivity contribution in [2.75, 3.05) is 11.9 Å². The highest BCUT2D eigenvalue weighted by atomic mass is 35.5. The molecule has 3 rings (SSSR count). The highest BCUT2D eigenvalue weighted by Crippen LogP contribution is 2.23. The molecule has 2 aromatic carbocycles. The number of rotatable bonds is 5. The smallest absolute Gasteiger partial charge is 0.228 e. The van der Waals surface area contributed by atoms with Crippen LogP contribution in [-0.4, -0.2) is 17.2 Å². The number of anilines is 1. The van der Waals surface area contributed by atoms with Crippen molar-refractivity contribution in [2.24, 2.45) is 0 Å². The van der Waals surface area contributed by atoms with Gasteiger partial charge in [0.15, 0.2) is 0 Å². The third-order valence-electron chi connectivity index (χ3n) is 3.53. The van der Waals surface area contributed by atoms with Crippen molar-refractivity contribution in [2.45, 2.75) is 6.42 Å². The van der Waals surface area contributed by atoms with Gasteiger partial charge in [-0.1, -0.05) is 41.9 Å². The highest BCUT2D eigenvalue weighted by Gasteiger charge is 2.13. The summed E-state index contributed by atoms with van der Waals surface area (Å²) in [6, 6.07) is 16.6. The van der Waals surface area contributed by atoms with Gasteiger partial charge in [-0.15, -0.1) is 0 Å². The first-order valence-electron chi connectivity index (χ1n) is 7.32. The van der Waals surface area contributed by atoms with Crippen LogP contribution in [0.2, 0.25) is 5.02 Å². The second-order valence-corrected chi connectivity index (χ2v) is 5.54. The summed E-state index contributed by atoms with van der Waals surface area (Å²) in [6.45, 7) is -0.0655. The average Bonchev–Trinajstić information content (AvgIpc) is 2.93. The first-order chi connectivity index (χ1) is 11.7. The molecule has 0 aliphatic heterocycles. The number of hydrogen-bond donors (Lipinski definition) is 1. The molecule has 1 aromatic heterocycles. The number of nitriles is 1. The molecule has 0 spiro atoms. The van der Waals surface area contributed by atoms with Crippen LogP contribution in [0.4, 0.5) is 5.69 Å². The SMILES string of the molecule is N#CCOn1cc(CC(=O)Nc2ccccc2Cl)c2ccccc21. The van der Waals surface area contributed by atoms with Crippen LogP contribution in [0.3, 0.4) is 0 Å². The molecule has 1 amide bonds. The van der Waals surface area contributed by atoms with Crippen LogP contribution >= 0.6 is 11.6 Å². The van der Waals surface area contributed by atoms with Crippen LogP contribution in [0.1, 0.15) is 5.56 Å². The summed E-state index contributed by atoms with van der Waals surface area (Å²) < 4.78 is 1.52. The minimum absolute atomic E-state index is 0.0655. The fourth-order valence-corrected chi connectivity index (χ4v) is 2.68. The van der Waals surface area contributed by atoms with Crippen LogP contribution in [0.5, 0.6) is 0 Å². The van der Waals surface area contributed by atoms with Gasteiger partial charge in [0.05, 0.1) is 22.6 Å². The topological polar surface area (TPSA) is 67.0 Å². The Hall–Kier alpha value is -2.97. The van der Waals surface area contributed by atoms with Crippen molar-refractivity contribution in [1.29, 1.82) is 5.26 Å². The van der Waals surface area contributed by atoms with Crippen molar-refractivity contribution in [3.05, 3.63) is 65.3 Å². The molecular formula is C18H14ClN3O2. The van der Waals surface area contributed by atoms with E-state index in [0.717, 1.165) is 16.5 Å². The summed E-state index contributed by atoms with van der Waals surface area (Å²) in [6.07, 6.45) is 1.91. The maximum atomic E-state index is 12.3. The van der Waals surface area contributed by atoms with E-state index in [2.05, 4.69) is 5.32 Å². The van der Waals surface area contributed by atoms with E-state index in [9.17, 15) is 4.79 Å². The molecule has 0 radical (unpaired) electrons. The Morgan fingerprint density at radius 1 is 1.21 bits per heavy atom. The van der Waals surface area contributed by atoms with Crippen LogP contribution in [0.25, 0.3) is 10.9 Å². The number of nitrogens with zero attached hydrogens (tertiary/aromatic N) is 2. The van der Waals surface area contributed by atoms with E-state index in [0.29, 0.717) is 10.7 Å². The second-order valence-electron chi connectivity index (χ2n) is 5.13. The first kappa shape index (κ1) is 15.9. The van der Waals surface area contributed by atoms with Gasteiger partial charge in [-0.25, -0.2) is 0 Å². The molecule has 6 heteroatoms. The lowest BCUT2D eigenvalue weighted by atomic mass is 10.1. The monoisotopic (exact) mass is 339 g/mol. The summed E-state index contributed by atoms with van der Waals surface area (Å²) in [4.78, 5) is 17.7. The van der Waals surface area contributed by atoms with Crippen LogP contribution in [-0.2, 0) is 11.2 Å². The summed E-state index contributed by atoms with van der Waals surface area (Å²) >= 11 is 6.06. The number of carbonyl (C=O) groups is 1. The fourth-order valence-electron chi connectivity index (χ4n) is 2.49. The quantitative estimate of drug-likeness (QED) is 0.774. The van der Waals surface area contributed by atoms with E-state index in [-0.39, 0.29) is 18.9 Å². The van der Waals surface area contributed by atoms with Crippen molar-refractivity contribution >= 4 is 34.1 Å². The Kier molecular flexibility index (Phi) is 4.69. The molecule has 5 nitrogen and oxygen atoms in total. The van der Waals surface area contributed by atoms with Crippen LogP contribution in [0.15, 0.2) is 54.7 Å². The average molecular weight is 340 g/mol. The lowest BCUT2D eigenvalue weighted by Gasteiger charge is -2.06. The molecular weight excluding hydrogens is 326 g/mol. The maximum absolute atomic E-state index is 12.3. The van der Waals surface area contributed by atoms with Gasteiger partial charge >= 0.3 is 0 Å². The van der Waals surface area contributed by atoms with Crippen molar-refractivity contribution in [3.63, 3.8) is 0 Å². The zero-order valence-corrected chi connectivity index (χ0v) is 13.5. The third kappa shape index (κ3) is 3.34. The number of fused-ring (bicyclic) bond motifs is 1. The molecule has 3 aromatic rings. The number of aromatic nitrogens is 1. The molecule has 0 aliphatic rings. The highest BCUT2D eigenvalue weighted by molar-refractivity contribution is 6.33. The maximum Gasteiger partial charge on any atom is 0.228 e. The Balaban J connectivity index is 1.83. The molecule has 0 fully saturated rings. The zero-order valence-electron chi connectivity index (χ0n) is 12.7. The lowest BCUT2D eigenvalue weighted by Crippen LogP contribution is -2.14. The molecule has 0 atom stereocenters. The van der Waals surface area contributed by atoms with E-state index in [4.69, 9.17) is 21.7 Å². The molecule has 24 heavy (non-hydrogen) atoms. The number of hydrogen-bond acceptors (Lipinski definition) is 3. The number of halogens is 1. The number of nitrogens with one attached hydrogen (secondary N) is 1. The van der Waals surface area contributed by atoms with E-state index in [1.54, 1.807) is 24.4 Å². The minimum atomic E-state index is -0.175. The summed E-state index contributed by atoms with van der Waals surface area (Å²) in [5, 5.41) is 12.9. The Morgan fingerprint density at radius 2 is 1.96 bits per heavy atom. The normalized spacial score (nSPS) is 10.3. The number of para-hydroxylation sites is 2. The third-order valence-corrected chi connectivity index (χ3v) is 3.86. The molecule has 120 valence electrons. The Bertz CT molecular complexity index is 927. The molecule has 0 bridgehead atoms. The van der Waals surface area contributed by atoms with Gasteiger partial charge in [0.2, 0.25) is 12.5 Å². The van der Waals surface area contributed by atoms with Gasteiger partial charge in [0.25, 0.3) is 0 Å². The van der Waals surface area contributed by atoms with Gasteiger partial charge in [-0.2, -0.15) is 9.99 Å². The summed E-state index contributed by atoms with van der Waals surface area (Å²) in [5.41, 5.74) is 2.20. The van der Waals surface area contributed by atoms with Gasteiger partial charge in [0.1, 0.15) is 6.07 Å². The number of carbonyl (C=O) groups excluding carboxylic acids is 1. The standard InChI is InChI=1S/C18H14ClN3O2/c19-15-6-2-3-7-16(15)21-18(23)11-13-12-22(24-10-9-20)17-8-4-1-5-14(13)17/h1-8,12H,10-11H2,(H,21,23). The van der Waals surface area contributed by atoms with Crippen molar-refractivity contribution in [1.82, 2.24) is 4.73 Å². The number of benzene rings is 2.